The van der Waals surface area contributed by atoms with Gasteiger partial charge in [0.1, 0.15) is 30.2 Å². The van der Waals surface area contributed by atoms with E-state index in [1.54, 1.807) is 11.8 Å². The van der Waals surface area contributed by atoms with Crippen LogP contribution < -0.4 is 5.73 Å². The molecule has 1 unspecified atom stereocenters. The van der Waals surface area contributed by atoms with Gasteiger partial charge in [-0.25, -0.2) is 9.98 Å². The number of nitrogens with two attached hydrogens (primary N) is 1. The minimum absolute atomic E-state index is 0.191. The molecule has 8 nitrogen and oxygen atoms in total. The van der Waals surface area contributed by atoms with Crippen LogP contribution >= 0.6 is 11.8 Å². The van der Waals surface area contributed by atoms with Gasteiger partial charge in [0.05, 0.1) is 18.0 Å². The topological polar surface area (TPSA) is 127 Å². The molecule has 0 saturated carbocycles. The van der Waals surface area contributed by atoms with Crippen molar-refractivity contribution in [3.63, 3.8) is 0 Å². The van der Waals surface area contributed by atoms with Crippen molar-refractivity contribution in [2.45, 2.75) is 35.4 Å². The second-order valence-corrected chi connectivity index (χ2v) is 6.55. The molecule has 1 saturated heterocycles. The van der Waals surface area contributed by atoms with Crippen LogP contribution in [0.5, 0.6) is 0 Å². The minimum Gasteiger partial charge on any atom is -0.395 e. The van der Waals surface area contributed by atoms with E-state index in [2.05, 4.69) is 15.0 Å². The Morgan fingerprint density at radius 1 is 1.50 bits per heavy atom. The summed E-state index contributed by atoms with van der Waals surface area (Å²) in [4.78, 5) is 14.4. The largest absolute Gasteiger partial charge is 0.395 e. The van der Waals surface area contributed by atoms with Gasteiger partial charge in [-0.15, -0.1) is 11.8 Å². The minimum atomic E-state index is -0.975. The van der Waals surface area contributed by atoms with Crippen LogP contribution in [0.4, 0.5) is 0 Å². The molecule has 0 amide bonds. The van der Waals surface area contributed by atoms with E-state index in [1.165, 1.54) is 18.1 Å². The van der Waals surface area contributed by atoms with Crippen molar-refractivity contribution in [2.75, 3.05) is 13.3 Å². The lowest BCUT2D eigenvalue weighted by atomic mass is 10.1. The van der Waals surface area contributed by atoms with Gasteiger partial charge >= 0.3 is 0 Å². The summed E-state index contributed by atoms with van der Waals surface area (Å²) < 4.78 is 0. The maximum atomic E-state index is 10.1. The van der Waals surface area contributed by atoms with Crippen LogP contribution in [-0.4, -0.2) is 79.9 Å². The highest BCUT2D eigenvalue weighted by Crippen LogP contribution is 2.38. The van der Waals surface area contributed by atoms with Crippen LogP contribution in [-0.2, 0) is 0 Å². The molecule has 3 aliphatic heterocycles. The van der Waals surface area contributed by atoms with Gasteiger partial charge in [-0.05, 0) is 6.92 Å². The normalized spacial score (nSPS) is 43.5. The third kappa shape index (κ3) is 1.97. The highest BCUT2D eigenvalue weighted by Gasteiger charge is 2.49. The van der Waals surface area contributed by atoms with Crippen LogP contribution in [0.1, 0.15) is 6.92 Å². The molecule has 0 bridgehead atoms. The predicted octanol–water partition coefficient (Wildman–Crippen LogP) is -2.03. The Balaban J connectivity index is 1.85. The van der Waals surface area contributed by atoms with Gasteiger partial charge in [-0.1, -0.05) is 0 Å². The van der Waals surface area contributed by atoms with Crippen LogP contribution in [0.2, 0.25) is 0 Å². The van der Waals surface area contributed by atoms with Gasteiger partial charge in [-0.2, -0.15) is 0 Å². The highest BCUT2D eigenvalue weighted by atomic mass is 32.2. The number of hydrogen-bond acceptors (Lipinski definition) is 9. The van der Waals surface area contributed by atoms with Crippen LogP contribution in [0.15, 0.2) is 15.0 Å². The van der Waals surface area contributed by atoms with Gasteiger partial charge in [-0.3, -0.25) is 4.99 Å². The molecular weight excluding hydrogens is 282 g/mol. The average Bonchev–Trinajstić information content (AvgIpc) is 2.94. The summed E-state index contributed by atoms with van der Waals surface area (Å²) in [5, 5.41) is 28.4. The summed E-state index contributed by atoms with van der Waals surface area (Å²) in [5.74, 6) is 0.576. The smallest absolute Gasteiger partial charge is 0.158 e. The number of aliphatic hydroxyl groups is 3. The Morgan fingerprint density at radius 2 is 2.25 bits per heavy atom. The molecule has 110 valence electrons. The van der Waals surface area contributed by atoms with Crippen molar-refractivity contribution < 1.29 is 15.3 Å². The number of nitrogens with zero attached hydrogens (tertiary/aromatic N) is 4. The Hall–Kier alpha value is -1.00. The lowest BCUT2D eigenvalue weighted by molar-refractivity contribution is 0.00505. The summed E-state index contributed by atoms with van der Waals surface area (Å²) in [6, 6.07) is 0. The van der Waals surface area contributed by atoms with Crippen molar-refractivity contribution in [3.05, 3.63) is 0 Å². The number of fused-ring (bicyclic) bond motifs is 1. The second kappa shape index (κ2) is 4.78. The fourth-order valence-corrected chi connectivity index (χ4v) is 3.95. The Morgan fingerprint density at radius 3 is 2.90 bits per heavy atom. The van der Waals surface area contributed by atoms with Crippen LogP contribution in [0.25, 0.3) is 0 Å². The molecule has 0 aromatic heterocycles. The average molecular weight is 299 g/mol. The molecule has 3 rings (SSSR count). The number of aliphatic imine (C=N–C) groups is 3. The lowest BCUT2D eigenvalue weighted by Crippen LogP contribution is -2.53. The van der Waals surface area contributed by atoms with Gasteiger partial charge in [0, 0.05) is 0 Å². The lowest BCUT2D eigenvalue weighted by Gasteiger charge is -2.31. The van der Waals surface area contributed by atoms with E-state index in [0.29, 0.717) is 18.2 Å². The van der Waals surface area contributed by atoms with E-state index in [9.17, 15) is 15.3 Å². The third-order valence-corrected chi connectivity index (χ3v) is 5.26. The molecule has 1 fully saturated rings. The number of rotatable bonds is 2. The van der Waals surface area contributed by atoms with Crippen LogP contribution in [0, 0.1) is 0 Å². The molecule has 0 aliphatic carbocycles. The standard InChI is InChI=1S/C11H17N5O3S/c1-11(12)8-9(13-3-15-11)16(4-14-8)10-7(19)6(18)5(2-17)20-10/h3,5-7,10,17-19H,2,4,12H2,1H3/t5-,6-,7-,10-,11?/m1/s1. The van der Waals surface area contributed by atoms with Gasteiger partial charge in [0.25, 0.3) is 0 Å². The molecule has 0 spiro atoms. The van der Waals surface area contributed by atoms with Gasteiger partial charge in [0.2, 0.25) is 0 Å². The summed E-state index contributed by atoms with van der Waals surface area (Å²) in [5.41, 5.74) is 5.70. The summed E-state index contributed by atoms with van der Waals surface area (Å²) in [7, 11) is 0. The summed E-state index contributed by atoms with van der Waals surface area (Å²) in [6.45, 7) is 1.86. The van der Waals surface area contributed by atoms with Gasteiger partial charge < -0.3 is 26.0 Å². The fraction of sp³-hybridized carbons (Fsp3) is 0.727. The number of aliphatic hydroxyl groups excluding tert-OH is 3. The Bertz CT molecular complexity index is 506. The van der Waals surface area contributed by atoms with E-state index >= 15 is 0 Å². The van der Waals surface area contributed by atoms with Crippen molar-refractivity contribution in [1.29, 1.82) is 0 Å². The quantitative estimate of drug-likeness (QED) is 0.466. The van der Waals surface area contributed by atoms with Crippen molar-refractivity contribution in [1.82, 2.24) is 4.90 Å². The van der Waals surface area contributed by atoms with E-state index in [0.717, 1.165) is 0 Å². The van der Waals surface area contributed by atoms with E-state index in [4.69, 9.17) is 5.73 Å². The summed E-state index contributed by atoms with van der Waals surface area (Å²) in [6.07, 6.45) is -0.558. The number of amidine groups is 1. The molecule has 0 radical (unpaired) electrons. The van der Waals surface area contributed by atoms with E-state index in [1.807, 2.05) is 0 Å². The second-order valence-electron chi connectivity index (χ2n) is 5.19. The van der Waals surface area contributed by atoms with Crippen molar-refractivity contribution in [2.24, 2.45) is 20.7 Å². The number of thioether (sulfide) groups is 1. The zero-order valence-corrected chi connectivity index (χ0v) is 11.7. The maximum Gasteiger partial charge on any atom is 0.158 e. The zero-order chi connectivity index (χ0) is 14.5. The molecule has 9 heteroatoms. The zero-order valence-electron chi connectivity index (χ0n) is 10.9. The first-order valence-corrected chi connectivity index (χ1v) is 7.25. The highest BCUT2D eigenvalue weighted by molar-refractivity contribution is 8.00. The first-order chi connectivity index (χ1) is 9.45. The Kier molecular flexibility index (Phi) is 3.33. The molecular formula is C11H17N5O3S. The molecule has 5 N–H and O–H groups in total. The Labute approximate surface area is 120 Å². The SMILES string of the molecule is CC1(N)N=CN=C2C1=NCN2[C@@H]1S[C@H](CO)[C@@H](O)[C@H]1O. The van der Waals surface area contributed by atoms with Crippen molar-refractivity contribution in [3.8, 4) is 0 Å². The van der Waals surface area contributed by atoms with E-state index in [-0.39, 0.29) is 6.61 Å². The van der Waals surface area contributed by atoms with Gasteiger partial charge in [0.15, 0.2) is 11.5 Å². The fourth-order valence-electron chi connectivity index (χ4n) is 2.55. The van der Waals surface area contributed by atoms with E-state index < -0.39 is 28.5 Å². The summed E-state index contributed by atoms with van der Waals surface area (Å²) >= 11 is 1.32. The molecule has 5 atom stereocenters. The first kappa shape index (κ1) is 14.0. The van der Waals surface area contributed by atoms with Crippen molar-refractivity contribution >= 4 is 29.6 Å². The predicted molar refractivity (Wildman–Crippen MR) is 76.9 cm³/mol. The molecule has 0 aromatic carbocycles. The van der Waals surface area contributed by atoms with Crippen LogP contribution in [0.3, 0.4) is 0 Å². The third-order valence-electron chi connectivity index (χ3n) is 3.67. The molecule has 3 aliphatic rings. The molecule has 0 aromatic rings. The number of hydrogen-bond donors (Lipinski definition) is 4. The monoisotopic (exact) mass is 299 g/mol. The molecule has 20 heavy (non-hydrogen) atoms. The maximum absolute atomic E-state index is 10.1. The first-order valence-electron chi connectivity index (χ1n) is 6.30. The molecule has 3 heterocycles.